The van der Waals surface area contributed by atoms with Gasteiger partial charge in [-0.3, -0.25) is 9.80 Å². The molecule has 3 aliphatic heterocycles. The van der Waals surface area contributed by atoms with Crippen molar-refractivity contribution >= 4 is 23.4 Å². The van der Waals surface area contributed by atoms with E-state index in [0.717, 1.165) is 42.1 Å². The topological polar surface area (TPSA) is 83.5 Å². The van der Waals surface area contributed by atoms with Crippen molar-refractivity contribution in [1.82, 2.24) is 9.80 Å². The molecule has 0 aromatic heterocycles. The minimum Gasteiger partial charge on any atom is -0.493 e. The number of hydrogen-bond donors (Lipinski definition) is 2. The van der Waals surface area contributed by atoms with Gasteiger partial charge in [0.25, 0.3) is 0 Å². The molecule has 1 amide bonds. The SMILES string of the molecule is Cc1ccc(OC(=O)N2CCC3c4cc(Cl)ccc4NC3[C@@H]2c2ccc(OCCC(O)CN3CCOCC3)cc2)cc1. The number of benzene rings is 3. The summed E-state index contributed by atoms with van der Waals surface area (Å²) in [4.78, 5) is 17.6. The van der Waals surface area contributed by atoms with Gasteiger partial charge in [-0.2, -0.15) is 0 Å². The third kappa shape index (κ3) is 6.52. The maximum absolute atomic E-state index is 13.6. The number of amides is 1. The molecule has 2 fully saturated rings. The highest BCUT2D eigenvalue weighted by Gasteiger charge is 2.46. The molecular weight excluding hydrogens is 554 g/mol. The van der Waals surface area contributed by atoms with Gasteiger partial charge in [-0.15, -0.1) is 0 Å². The van der Waals surface area contributed by atoms with Crippen LogP contribution in [0.1, 0.15) is 41.5 Å². The van der Waals surface area contributed by atoms with Crippen LogP contribution in [0.4, 0.5) is 10.5 Å². The number of anilines is 1. The number of carbonyl (C=O) groups excluding carboxylic acids is 1. The number of rotatable bonds is 8. The predicted octanol–water partition coefficient (Wildman–Crippen LogP) is 5.63. The molecule has 3 heterocycles. The average molecular weight is 592 g/mol. The number of aryl methyl sites for hydroxylation is 1. The van der Waals surface area contributed by atoms with Gasteiger partial charge in [0.1, 0.15) is 11.5 Å². The summed E-state index contributed by atoms with van der Waals surface area (Å²) in [7, 11) is 0. The van der Waals surface area contributed by atoms with E-state index in [4.69, 9.17) is 25.8 Å². The Labute approximate surface area is 252 Å². The van der Waals surface area contributed by atoms with Crippen LogP contribution in [-0.4, -0.2) is 79.1 Å². The standard InChI is InChI=1S/C33H38ClN3O5/c1-22-2-7-27(8-3-22)42-33(39)37-14-12-28-29-20-24(34)6-11-30(29)35-31(28)32(37)23-4-9-26(10-5-23)41-17-13-25(38)21-36-15-18-40-19-16-36/h2-11,20,25,28,31-32,35,38H,12-19,21H2,1H3/t25?,28?,31?,32-/m0/s1. The number of fused-ring (bicyclic) bond motifs is 3. The number of nitrogens with zero attached hydrogens (tertiary/aromatic N) is 2. The molecule has 42 heavy (non-hydrogen) atoms. The van der Waals surface area contributed by atoms with E-state index in [2.05, 4.69) is 10.2 Å². The number of β-amino-alcohol motifs (C(OH)–C–C–N with tert-alkyl or cyclic N) is 1. The van der Waals surface area contributed by atoms with Gasteiger partial charge in [0, 0.05) is 49.2 Å². The smallest absolute Gasteiger partial charge is 0.415 e. The van der Waals surface area contributed by atoms with Gasteiger partial charge in [0.15, 0.2) is 0 Å². The normalized spacial score (nSPS) is 22.5. The molecule has 0 bridgehead atoms. The Balaban J connectivity index is 1.16. The van der Waals surface area contributed by atoms with Crippen LogP contribution in [0.5, 0.6) is 11.5 Å². The number of piperidine rings is 1. The maximum Gasteiger partial charge on any atom is 0.415 e. The molecule has 2 N–H and O–H groups in total. The van der Waals surface area contributed by atoms with E-state index in [1.54, 1.807) is 0 Å². The zero-order chi connectivity index (χ0) is 29.1. The summed E-state index contributed by atoms with van der Waals surface area (Å²) in [6.07, 6.45) is 0.541. The Bertz CT molecular complexity index is 1360. The van der Waals surface area contributed by atoms with Crippen molar-refractivity contribution in [3.8, 4) is 11.5 Å². The summed E-state index contributed by atoms with van der Waals surface area (Å²) < 4.78 is 17.2. The van der Waals surface area contributed by atoms with Crippen LogP contribution in [-0.2, 0) is 4.74 Å². The van der Waals surface area contributed by atoms with E-state index in [9.17, 15) is 9.90 Å². The van der Waals surface area contributed by atoms with Gasteiger partial charge in [0.2, 0.25) is 0 Å². The van der Waals surface area contributed by atoms with Crippen molar-refractivity contribution in [2.75, 3.05) is 51.3 Å². The first-order valence-electron chi connectivity index (χ1n) is 14.8. The second-order valence-electron chi connectivity index (χ2n) is 11.4. The highest BCUT2D eigenvalue weighted by molar-refractivity contribution is 6.30. The highest BCUT2D eigenvalue weighted by Crippen LogP contribution is 2.48. The Morgan fingerprint density at radius 2 is 1.79 bits per heavy atom. The Morgan fingerprint density at radius 3 is 2.55 bits per heavy atom. The Kier molecular flexibility index (Phi) is 8.86. The van der Waals surface area contributed by atoms with Crippen LogP contribution < -0.4 is 14.8 Å². The lowest BCUT2D eigenvalue weighted by Gasteiger charge is -2.42. The second-order valence-corrected chi connectivity index (χ2v) is 11.8. The number of likely N-dealkylation sites (tertiary alicyclic amines) is 1. The first-order chi connectivity index (χ1) is 20.4. The van der Waals surface area contributed by atoms with Crippen molar-refractivity contribution in [1.29, 1.82) is 0 Å². The molecule has 9 heteroatoms. The van der Waals surface area contributed by atoms with E-state index in [1.165, 1.54) is 5.56 Å². The molecule has 8 nitrogen and oxygen atoms in total. The lowest BCUT2D eigenvalue weighted by Crippen LogP contribution is -2.50. The summed E-state index contributed by atoms with van der Waals surface area (Å²) >= 11 is 6.37. The fourth-order valence-electron chi connectivity index (χ4n) is 6.30. The summed E-state index contributed by atoms with van der Waals surface area (Å²) in [5, 5.41) is 14.8. The number of nitrogens with one attached hydrogen (secondary N) is 1. The van der Waals surface area contributed by atoms with E-state index < -0.39 is 6.10 Å². The summed E-state index contributed by atoms with van der Waals surface area (Å²) in [5.74, 6) is 1.48. The van der Waals surface area contributed by atoms with Crippen molar-refractivity contribution in [3.05, 3.63) is 88.4 Å². The van der Waals surface area contributed by atoms with Crippen LogP contribution >= 0.6 is 11.6 Å². The molecule has 3 aliphatic rings. The number of halogens is 1. The number of morpholine rings is 1. The maximum atomic E-state index is 13.6. The van der Waals surface area contributed by atoms with Crippen LogP contribution in [0.2, 0.25) is 5.02 Å². The van der Waals surface area contributed by atoms with Gasteiger partial charge < -0.3 is 24.6 Å². The van der Waals surface area contributed by atoms with E-state index in [1.807, 2.05) is 78.6 Å². The third-order valence-corrected chi connectivity index (χ3v) is 8.74. The number of aliphatic hydroxyl groups is 1. The van der Waals surface area contributed by atoms with Crippen LogP contribution in [0, 0.1) is 6.92 Å². The highest BCUT2D eigenvalue weighted by atomic mass is 35.5. The summed E-state index contributed by atoms with van der Waals surface area (Å²) in [6.45, 7) is 6.75. The van der Waals surface area contributed by atoms with Crippen LogP contribution in [0.25, 0.3) is 0 Å². The third-order valence-electron chi connectivity index (χ3n) is 8.50. The zero-order valence-electron chi connectivity index (χ0n) is 23.9. The average Bonchev–Trinajstić information content (AvgIpc) is 3.36. The van der Waals surface area contributed by atoms with Crippen molar-refractivity contribution in [2.45, 2.75) is 43.9 Å². The van der Waals surface area contributed by atoms with Crippen molar-refractivity contribution < 1.29 is 24.1 Å². The molecule has 0 radical (unpaired) electrons. The number of hydrogen-bond acceptors (Lipinski definition) is 7. The summed E-state index contributed by atoms with van der Waals surface area (Å²) in [5.41, 5.74) is 4.36. The largest absolute Gasteiger partial charge is 0.493 e. The first-order valence-corrected chi connectivity index (χ1v) is 15.1. The molecule has 6 rings (SSSR count). The van der Waals surface area contributed by atoms with Crippen LogP contribution in [0.15, 0.2) is 66.7 Å². The van der Waals surface area contributed by atoms with Gasteiger partial charge in [-0.25, -0.2) is 4.79 Å². The van der Waals surface area contributed by atoms with Gasteiger partial charge in [-0.1, -0.05) is 41.4 Å². The van der Waals surface area contributed by atoms with Crippen LogP contribution in [0.3, 0.4) is 0 Å². The fourth-order valence-corrected chi connectivity index (χ4v) is 6.48. The molecule has 0 saturated carbocycles. The van der Waals surface area contributed by atoms with Gasteiger partial charge >= 0.3 is 6.09 Å². The van der Waals surface area contributed by atoms with Crippen molar-refractivity contribution in [2.24, 2.45) is 0 Å². The Hall–Kier alpha value is -3.30. The first kappa shape index (κ1) is 28.8. The lowest BCUT2D eigenvalue weighted by atomic mass is 9.81. The minimum absolute atomic E-state index is 0.0279. The molecule has 2 saturated heterocycles. The van der Waals surface area contributed by atoms with E-state index in [-0.39, 0.29) is 24.1 Å². The quantitative estimate of drug-likeness (QED) is 0.351. The fraction of sp³-hybridized carbons (Fsp3) is 0.424. The Morgan fingerprint density at radius 1 is 1.05 bits per heavy atom. The van der Waals surface area contributed by atoms with E-state index in [0.29, 0.717) is 50.1 Å². The predicted molar refractivity (Wildman–Crippen MR) is 163 cm³/mol. The molecule has 0 spiro atoms. The zero-order valence-corrected chi connectivity index (χ0v) is 24.6. The second kappa shape index (κ2) is 12.9. The van der Waals surface area contributed by atoms with Gasteiger partial charge in [-0.05, 0) is 66.9 Å². The molecule has 3 aromatic rings. The minimum atomic E-state index is -0.446. The molecule has 3 aromatic carbocycles. The molecular formula is C33H38ClN3O5. The monoisotopic (exact) mass is 591 g/mol. The van der Waals surface area contributed by atoms with Crippen molar-refractivity contribution in [3.63, 3.8) is 0 Å². The lowest BCUT2D eigenvalue weighted by molar-refractivity contribution is 0.0108. The number of aliphatic hydroxyl groups excluding tert-OH is 1. The van der Waals surface area contributed by atoms with Gasteiger partial charge in [0.05, 0.1) is 38.0 Å². The number of carbonyl (C=O) groups is 1. The van der Waals surface area contributed by atoms with E-state index >= 15 is 0 Å². The summed E-state index contributed by atoms with van der Waals surface area (Å²) in [6, 6.07) is 21.1. The molecule has 4 atom stereocenters. The molecule has 3 unspecified atom stereocenters. The number of ether oxygens (including phenoxy) is 3. The molecule has 0 aliphatic carbocycles. The molecule has 222 valence electrons.